The standard InChI is InChI=1S/C25H39N5O2.C9H8O2/c1-5-6-7-14-27-24-22(19(2)28-25(26)29-24)17-20-10-12-21(13-11-20)18-23(31)32-16-9-8-15-30(3)4;10-9(11)7-6-8-4-2-1-3-5-8/h10-13H,5-9,14-18H2,1-4H3,(H3,26,27,28,29);1-7H,(H,10,11)/b;7-6+. The molecule has 3 rings (SSSR count). The molecule has 9 heteroatoms. The fourth-order valence-electron chi connectivity index (χ4n) is 4.20. The highest BCUT2D eigenvalue weighted by molar-refractivity contribution is 5.85. The average Bonchev–Trinajstić information content (AvgIpc) is 2.97. The molecule has 0 bridgehead atoms. The van der Waals surface area contributed by atoms with Gasteiger partial charge in [0.1, 0.15) is 5.82 Å². The van der Waals surface area contributed by atoms with Gasteiger partial charge in [-0.25, -0.2) is 9.78 Å². The SMILES string of the molecule is CCCCCNc1nc(N)nc(C)c1Cc1ccc(CC(=O)OCCCCN(C)C)cc1.O=C(O)/C=C/c1ccccc1. The van der Waals surface area contributed by atoms with Crippen LogP contribution in [0.25, 0.3) is 6.08 Å². The normalized spacial score (nSPS) is 10.8. The third-order valence-corrected chi connectivity index (χ3v) is 6.54. The molecular weight excluding hydrogens is 542 g/mol. The molecule has 0 saturated carbocycles. The Bertz CT molecular complexity index is 1280. The Morgan fingerprint density at radius 1 is 0.977 bits per heavy atom. The predicted octanol–water partition coefficient (Wildman–Crippen LogP) is 5.77. The van der Waals surface area contributed by atoms with Crippen molar-refractivity contribution in [3.63, 3.8) is 0 Å². The van der Waals surface area contributed by atoms with E-state index in [2.05, 4.69) is 39.2 Å². The Labute approximate surface area is 256 Å². The zero-order chi connectivity index (χ0) is 31.5. The summed E-state index contributed by atoms with van der Waals surface area (Å²) in [6.07, 6.45) is 9.05. The molecule has 0 spiro atoms. The van der Waals surface area contributed by atoms with Crippen LogP contribution < -0.4 is 11.1 Å². The molecule has 0 unspecified atom stereocenters. The first-order valence-electron chi connectivity index (χ1n) is 14.9. The van der Waals surface area contributed by atoms with E-state index in [1.54, 1.807) is 6.08 Å². The minimum absolute atomic E-state index is 0.177. The van der Waals surface area contributed by atoms with Crippen molar-refractivity contribution in [2.24, 2.45) is 0 Å². The lowest BCUT2D eigenvalue weighted by molar-refractivity contribution is -0.143. The fraction of sp³-hybridized carbons (Fsp3) is 0.412. The van der Waals surface area contributed by atoms with Crippen molar-refractivity contribution in [1.29, 1.82) is 0 Å². The van der Waals surface area contributed by atoms with Crippen LogP contribution in [0.5, 0.6) is 0 Å². The number of hydrogen-bond acceptors (Lipinski definition) is 8. The van der Waals surface area contributed by atoms with Crippen molar-refractivity contribution in [3.05, 3.63) is 88.6 Å². The molecule has 0 fully saturated rings. The quantitative estimate of drug-likeness (QED) is 0.108. The number of nitrogens with zero attached hydrogens (tertiary/aromatic N) is 3. The second-order valence-electron chi connectivity index (χ2n) is 10.6. The number of aliphatic carboxylic acids is 1. The number of esters is 1. The number of ether oxygens (including phenoxy) is 1. The van der Waals surface area contributed by atoms with Gasteiger partial charge in [-0.2, -0.15) is 4.98 Å². The van der Waals surface area contributed by atoms with E-state index in [9.17, 15) is 9.59 Å². The van der Waals surface area contributed by atoms with Gasteiger partial charge in [0.2, 0.25) is 5.95 Å². The van der Waals surface area contributed by atoms with E-state index in [4.69, 9.17) is 15.6 Å². The Kier molecular flexibility index (Phi) is 16.1. The Morgan fingerprint density at radius 2 is 1.67 bits per heavy atom. The van der Waals surface area contributed by atoms with Crippen LogP contribution in [-0.2, 0) is 27.2 Å². The first-order chi connectivity index (χ1) is 20.7. The van der Waals surface area contributed by atoms with Gasteiger partial charge in [-0.3, -0.25) is 4.79 Å². The lowest BCUT2D eigenvalue weighted by Crippen LogP contribution is -2.14. The Hall–Kier alpha value is -4.24. The molecule has 3 aromatic rings. The highest BCUT2D eigenvalue weighted by atomic mass is 16.5. The van der Waals surface area contributed by atoms with Crippen LogP contribution in [0.2, 0.25) is 0 Å². The smallest absolute Gasteiger partial charge is 0.328 e. The van der Waals surface area contributed by atoms with E-state index in [1.807, 2.05) is 63.5 Å². The van der Waals surface area contributed by atoms with Crippen LogP contribution in [0.1, 0.15) is 67.0 Å². The first kappa shape index (κ1) is 35.0. The number of benzene rings is 2. The van der Waals surface area contributed by atoms with Crippen molar-refractivity contribution in [2.45, 2.75) is 58.8 Å². The molecule has 0 aliphatic carbocycles. The van der Waals surface area contributed by atoms with Gasteiger partial charge in [-0.1, -0.05) is 74.4 Å². The molecule has 9 nitrogen and oxygen atoms in total. The van der Waals surface area contributed by atoms with E-state index in [0.717, 1.165) is 72.2 Å². The second kappa shape index (κ2) is 19.8. The zero-order valence-electron chi connectivity index (χ0n) is 26.0. The Balaban J connectivity index is 0.000000490. The van der Waals surface area contributed by atoms with Gasteiger partial charge in [0.05, 0.1) is 13.0 Å². The number of anilines is 2. The van der Waals surface area contributed by atoms with E-state index >= 15 is 0 Å². The first-order valence-corrected chi connectivity index (χ1v) is 14.9. The number of unbranched alkanes of at least 4 members (excludes halogenated alkanes) is 3. The summed E-state index contributed by atoms with van der Waals surface area (Å²) in [5.41, 5.74) is 10.8. The van der Waals surface area contributed by atoms with Crippen LogP contribution in [-0.4, -0.2) is 65.7 Å². The Morgan fingerprint density at radius 3 is 2.33 bits per heavy atom. The number of aryl methyl sites for hydroxylation is 1. The van der Waals surface area contributed by atoms with Crippen LogP contribution in [0.3, 0.4) is 0 Å². The maximum absolute atomic E-state index is 12.1. The average molecular weight is 590 g/mol. The van der Waals surface area contributed by atoms with Crippen LogP contribution in [0.4, 0.5) is 11.8 Å². The molecule has 1 heterocycles. The molecule has 0 aliphatic rings. The van der Waals surface area contributed by atoms with Gasteiger partial charge in [0, 0.05) is 30.3 Å². The maximum atomic E-state index is 12.1. The summed E-state index contributed by atoms with van der Waals surface area (Å²) in [4.78, 5) is 33.1. The van der Waals surface area contributed by atoms with Crippen molar-refractivity contribution in [3.8, 4) is 0 Å². The molecule has 0 aliphatic heterocycles. The summed E-state index contributed by atoms with van der Waals surface area (Å²) in [6.45, 7) is 6.51. The largest absolute Gasteiger partial charge is 0.478 e. The number of carbonyl (C=O) groups excluding carboxylic acids is 1. The monoisotopic (exact) mass is 589 g/mol. The van der Waals surface area contributed by atoms with Gasteiger partial charge in [-0.15, -0.1) is 0 Å². The molecule has 43 heavy (non-hydrogen) atoms. The van der Waals surface area contributed by atoms with E-state index < -0.39 is 5.97 Å². The number of carboxylic acids is 1. The van der Waals surface area contributed by atoms with Gasteiger partial charge in [0.25, 0.3) is 0 Å². The topological polar surface area (TPSA) is 131 Å². The number of nitrogens with two attached hydrogens (primary N) is 1. The van der Waals surface area contributed by atoms with Crippen molar-refractivity contribution < 1.29 is 19.4 Å². The molecule has 0 amide bonds. The molecule has 4 N–H and O–H groups in total. The van der Waals surface area contributed by atoms with Gasteiger partial charge < -0.3 is 25.8 Å². The lowest BCUT2D eigenvalue weighted by atomic mass is 10.0. The van der Waals surface area contributed by atoms with E-state index in [0.29, 0.717) is 25.4 Å². The number of carboxylic acid groups (broad SMARTS) is 1. The highest BCUT2D eigenvalue weighted by Gasteiger charge is 2.12. The summed E-state index contributed by atoms with van der Waals surface area (Å²) >= 11 is 0. The minimum Gasteiger partial charge on any atom is -0.478 e. The number of aromatic nitrogens is 2. The highest BCUT2D eigenvalue weighted by Crippen LogP contribution is 2.22. The molecule has 2 aromatic carbocycles. The van der Waals surface area contributed by atoms with Crippen LogP contribution >= 0.6 is 0 Å². The molecule has 1 aromatic heterocycles. The predicted molar refractivity (Wildman–Crippen MR) is 174 cm³/mol. The zero-order valence-corrected chi connectivity index (χ0v) is 26.0. The molecule has 232 valence electrons. The molecule has 0 atom stereocenters. The molecule has 0 saturated heterocycles. The molecule has 0 radical (unpaired) electrons. The van der Waals surface area contributed by atoms with Gasteiger partial charge >= 0.3 is 11.9 Å². The van der Waals surface area contributed by atoms with Crippen LogP contribution in [0, 0.1) is 6.92 Å². The summed E-state index contributed by atoms with van der Waals surface area (Å²) in [5, 5.41) is 11.7. The van der Waals surface area contributed by atoms with Crippen LogP contribution in [0.15, 0.2) is 60.7 Å². The maximum Gasteiger partial charge on any atom is 0.328 e. The van der Waals surface area contributed by atoms with Gasteiger partial charge in [-0.05, 0) is 69.6 Å². The molecular formula is C34H47N5O4. The number of carbonyl (C=O) groups is 2. The van der Waals surface area contributed by atoms with Crippen molar-refractivity contribution >= 4 is 29.8 Å². The van der Waals surface area contributed by atoms with E-state index in [1.165, 1.54) is 12.8 Å². The third-order valence-electron chi connectivity index (χ3n) is 6.54. The van der Waals surface area contributed by atoms with E-state index in [-0.39, 0.29) is 5.97 Å². The number of nitrogen functional groups attached to an aromatic ring is 1. The fourth-order valence-corrected chi connectivity index (χ4v) is 4.20. The van der Waals surface area contributed by atoms with Gasteiger partial charge in [0.15, 0.2) is 0 Å². The summed E-state index contributed by atoms with van der Waals surface area (Å²) in [5.74, 6) is 0.00522. The van der Waals surface area contributed by atoms with Crippen molar-refractivity contribution in [2.75, 3.05) is 44.8 Å². The second-order valence-corrected chi connectivity index (χ2v) is 10.6. The number of hydrogen-bond donors (Lipinski definition) is 3. The minimum atomic E-state index is -0.922. The lowest BCUT2D eigenvalue weighted by Gasteiger charge is -2.14. The number of rotatable bonds is 16. The summed E-state index contributed by atoms with van der Waals surface area (Å²) < 4.78 is 5.36. The summed E-state index contributed by atoms with van der Waals surface area (Å²) in [7, 11) is 4.09. The van der Waals surface area contributed by atoms with Crippen molar-refractivity contribution in [1.82, 2.24) is 14.9 Å². The third kappa shape index (κ3) is 15.0. The number of nitrogens with one attached hydrogen (secondary N) is 1. The summed E-state index contributed by atoms with van der Waals surface area (Å²) in [6, 6.07) is 17.4.